The third-order valence-corrected chi connectivity index (χ3v) is 2.62. The molecule has 0 bridgehead atoms. The number of nitrogens with zero attached hydrogens (tertiary/aromatic N) is 1. The Bertz CT molecular complexity index is 526. The molecule has 0 saturated heterocycles. The first-order valence-electron chi connectivity index (χ1n) is 5.35. The summed E-state index contributed by atoms with van der Waals surface area (Å²) in [5.41, 5.74) is 13.9. The fourth-order valence-electron chi connectivity index (χ4n) is 1.68. The lowest BCUT2D eigenvalue weighted by Crippen LogP contribution is -2.04. The summed E-state index contributed by atoms with van der Waals surface area (Å²) >= 11 is 0. The Kier molecular flexibility index (Phi) is 3.25. The van der Waals surface area contributed by atoms with Gasteiger partial charge in [-0.3, -0.25) is 0 Å². The van der Waals surface area contributed by atoms with E-state index in [1.54, 1.807) is 7.11 Å². The van der Waals surface area contributed by atoms with Gasteiger partial charge in [-0.1, -0.05) is 18.2 Å². The van der Waals surface area contributed by atoms with Crippen molar-refractivity contribution in [2.24, 2.45) is 5.73 Å². The SMILES string of the molecule is COc1ccccc1-c1ccc(CN)c(N)n1. The van der Waals surface area contributed by atoms with E-state index in [0.717, 1.165) is 22.6 Å². The maximum atomic E-state index is 5.83. The van der Waals surface area contributed by atoms with Crippen molar-refractivity contribution in [2.45, 2.75) is 6.54 Å². The molecule has 0 amide bonds. The van der Waals surface area contributed by atoms with Crippen LogP contribution in [0.4, 0.5) is 5.82 Å². The van der Waals surface area contributed by atoms with Gasteiger partial charge in [0.25, 0.3) is 0 Å². The monoisotopic (exact) mass is 229 g/mol. The second-order valence-corrected chi connectivity index (χ2v) is 3.65. The summed E-state index contributed by atoms with van der Waals surface area (Å²) in [6.45, 7) is 0.394. The van der Waals surface area contributed by atoms with Gasteiger partial charge in [-0.05, 0) is 18.2 Å². The Morgan fingerprint density at radius 2 is 1.94 bits per heavy atom. The molecule has 1 aromatic carbocycles. The van der Waals surface area contributed by atoms with Gasteiger partial charge in [0.15, 0.2) is 0 Å². The Morgan fingerprint density at radius 3 is 2.59 bits per heavy atom. The van der Waals surface area contributed by atoms with E-state index in [0.29, 0.717) is 12.4 Å². The molecule has 2 aromatic rings. The van der Waals surface area contributed by atoms with Gasteiger partial charge in [0.05, 0.1) is 12.8 Å². The lowest BCUT2D eigenvalue weighted by Gasteiger charge is -2.09. The number of hydrogen-bond donors (Lipinski definition) is 2. The molecule has 1 heterocycles. The summed E-state index contributed by atoms with van der Waals surface area (Å²) in [5.74, 6) is 1.25. The summed E-state index contributed by atoms with van der Waals surface area (Å²) in [5, 5.41) is 0. The molecule has 0 aliphatic carbocycles. The normalized spacial score (nSPS) is 10.2. The third kappa shape index (κ3) is 2.21. The molecule has 4 heteroatoms. The second-order valence-electron chi connectivity index (χ2n) is 3.65. The van der Waals surface area contributed by atoms with Crippen molar-refractivity contribution in [3.8, 4) is 17.0 Å². The van der Waals surface area contributed by atoms with Crippen LogP contribution in [-0.4, -0.2) is 12.1 Å². The number of nitrogen functional groups attached to an aromatic ring is 1. The van der Waals surface area contributed by atoms with Crippen molar-refractivity contribution in [3.05, 3.63) is 42.0 Å². The molecule has 1 aromatic heterocycles. The molecule has 0 fully saturated rings. The van der Waals surface area contributed by atoms with Gasteiger partial charge >= 0.3 is 0 Å². The van der Waals surface area contributed by atoms with Crippen LogP contribution in [0.15, 0.2) is 36.4 Å². The van der Waals surface area contributed by atoms with Crippen LogP contribution in [0.5, 0.6) is 5.75 Å². The largest absolute Gasteiger partial charge is 0.496 e. The van der Waals surface area contributed by atoms with Crippen molar-refractivity contribution in [1.29, 1.82) is 0 Å². The van der Waals surface area contributed by atoms with Gasteiger partial charge in [0.1, 0.15) is 11.6 Å². The number of nitrogens with two attached hydrogens (primary N) is 2. The molecule has 0 unspecified atom stereocenters. The molecule has 0 radical (unpaired) electrons. The number of anilines is 1. The maximum Gasteiger partial charge on any atom is 0.128 e. The molecule has 4 N–H and O–H groups in total. The first-order chi connectivity index (χ1) is 8.26. The predicted octanol–water partition coefficient (Wildman–Crippen LogP) is 1.80. The Morgan fingerprint density at radius 1 is 1.18 bits per heavy atom. The van der Waals surface area contributed by atoms with Crippen molar-refractivity contribution in [1.82, 2.24) is 4.98 Å². The van der Waals surface area contributed by atoms with Crippen molar-refractivity contribution in [2.75, 3.05) is 12.8 Å². The molecule has 2 rings (SSSR count). The van der Waals surface area contributed by atoms with Crippen LogP contribution in [-0.2, 0) is 6.54 Å². The number of pyridine rings is 1. The molecule has 88 valence electrons. The topological polar surface area (TPSA) is 74.2 Å². The highest BCUT2D eigenvalue weighted by Gasteiger charge is 2.07. The van der Waals surface area contributed by atoms with Gasteiger partial charge in [0.2, 0.25) is 0 Å². The highest BCUT2D eigenvalue weighted by molar-refractivity contribution is 5.68. The van der Waals surface area contributed by atoms with Crippen LogP contribution in [0.1, 0.15) is 5.56 Å². The summed E-state index contributed by atoms with van der Waals surface area (Å²) in [7, 11) is 1.64. The molecular formula is C13H15N3O. The standard InChI is InChI=1S/C13H15N3O/c1-17-12-5-3-2-4-10(12)11-7-6-9(8-14)13(15)16-11/h2-7H,8,14H2,1H3,(H2,15,16). The van der Waals surface area contributed by atoms with Crippen molar-refractivity contribution in [3.63, 3.8) is 0 Å². The summed E-state index contributed by atoms with van der Waals surface area (Å²) < 4.78 is 5.29. The van der Waals surface area contributed by atoms with E-state index in [1.807, 2.05) is 36.4 Å². The smallest absolute Gasteiger partial charge is 0.128 e. The number of para-hydroxylation sites is 1. The van der Waals surface area contributed by atoms with E-state index in [2.05, 4.69) is 4.98 Å². The van der Waals surface area contributed by atoms with Gasteiger partial charge in [-0.15, -0.1) is 0 Å². The van der Waals surface area contributed by atoms with Gasteiger partial charge < -0.3 is 16.2 Å². The Hall–Kier alpha value is -2.07. The number of benzene rings is 1. The minimum absolute atomic E-state index is 0.394. The molecule has 4 nitrogen and oxygen atoms in total. The van der Waals surface area contributed by atoms with Gasteiger partial charge in [-0.2, -0.15) is 0 Å². The van der Waals surface area contributed by atoms with Crippen LogP contribution >= 0.6 is 0 Å². The molecular weight excluding hydrogens is 214 g/mol. The van der Waals surface area contributed by atoms with Gasteiger partial charge in [0, 0.05) is 17.7 Å². The van der Waals surface area contributed by atoms with E-state index in [1.165, 1.54) is 0 Å². The van der Waals surface area contributed by atoms with E-state index < -0.39 is 0 Å². The summed E-state index contributed by atoms with van der Waals surface area (Å²) in [4.78, 5) is 4.34. The van der Waals surface area contributed by atoms with E-state index >= 15 is 0 Å². The maximum absolute atomic E-state index is 5.83. The molecule has 17 heavy (non-hydrogen) atoms. The average Bonchev–Trinajstić information content (AvgIpc) is 2.38. The Balaban J connectivity index is 2.49. The van der Waals surface area contributed by atoms with Crippen LogP contribution in [0, 0.1) is 0 Å². The van der Waals surface area contributed by atoms with Crippen LogP contribution < -0.4 is 16.2 Å². The quantitative estimate of drug-likeness (QED) is 0.841. The minimum Gasteiger partial charge on any atom is -0.496 e. The zero-order valence-corrected chi connectivity index (χ0v) is 9.68. The highest BCUT2D eigenvalue weighted by Crippen LogP contribution is 2.29. The first kappa shape index (κ1) is 11.4. The third-order valence-electron chi connectivity index (χ3n) is 2.62. The molecule has 0 spiro atoms. The lowest BCUT2D eigenvalue weighted by atomic mass is 10.1. The fourth-order valence-corrected chi connectivity index (χ4v) is 1.68. The zero-order chi connectivity index (χ0) is 12.3. The second kappa shape index (κ2) is 4.84. The Labute approximate surface area is 100 Å². The summed E-state index contributed by atoms with van der Waals surface area (Å²) in [6.07, 6.45) is 0. The lowest BCUT2D eigenvalue weighted by molar-refractivity contribution is 0.416. The number of ether oxygens (including phenoxy) is 1. The van der Waals surface area contributed by atoms with Crippen LogP contribution in [0.25, 0.3) is 11.3 Å². The molecule has 0 aliphatic rings. The first-order valence-corrected chi connectivity index (χ1v) is 5.35. The predicted molar refractivity (Wildman–Crippen MR) is 68.5 cm³/mol. The van der Waals surface area contributed by atoms with E-state index in [4.69, 9.17) is 16.2 Å². The van der Waals surface area contributed by atoms with Crippen LogP contribution in [0.3, 0.4) is 0 Å². The van der Waals surface area contributed by atoms with E-state index in [-0.39, 0.29) is 0 Å². The molecule has 0 aliphatic heterocycles. The number of aromatic nitrogens is 1. The molecule has 0 saturated carbocycles. The van der Waals surface area contributed by atoms with Gasteiger partial charge in [-0.25, -0.2) is 4.98 Å². The molecule has 0 atom stereocenters. The van der Waals surface area contributed by atoms with Crippen molar-refractivity contribution >= 4 is 5.82 Å². The average molecular weight is 229 g/mol. The van der Waals surface area contributed by atoms with Crippen molar-refractivity contribution < 1.29 is 4.74 Å². The number of methoxy groups -OCH3 is 1. The number of hydrogen-bond acceptors (Lipinski definition) is 4. The fraction of sp³-hybridized carbons (Fsp3) is 0.154. The zero-order valence-electron chi connectivity index (χ0n) is 9.68. The highest BCUT2D eigenvalue weighted by atomic mass is 16.5. The summed E-state index contributed by atoms with van der Waals surface area (Å²) in [6, 6.07) is 11.5. The number of rotatable bonds is 3. The minimum atomic E-state index is 0.394. The van der Waals surface area contributed by atoms with Crippen LogP contribution in [0.2, 0.25) is 0 Å². The van der Waals surface area contributed by atoms with E-state index in [9.17, 15) is 0 Å².